The molecule has 1 fully saturated rings. The molecule has 1 aromatic carbocycles. The largest absolute Gasteiger partial charge is 0.481 e. The quantitative estimate of drug-likeness (QED) is 0.931. The van der Waals surface area contributed by atoms with Gasteiger partial charge in [0.25, 0.3) is 5.91 Å². The summed E-state index contributed by atoms with van der Waals surface area (Å²) in [6, 6.07) is 9.13. The molecule has 2 heterocycles. The molecule has 1 amide bonds. The number of likely N-dealkylation sites (tertiary alicyclic amines) is 1. The zero-order chi connectivity index (χ0) is 16.4. The summed E-state index contributed by atoms with van der Waals surface area (Å²) in [4.78, 5) is 30.1. The van der Waals surface area contributed by atoms with Crippen LogP contribution in [0.2, 0.25) is 0 Å². The van der Waals surface area contributed by atoms with Crippen molar-refractivity contribution in [3.05, 3.63) is 42.1 Å². The van der Waals surface area contributed by atoms with E-state index >= 15 is 0 Å². The number of aromatic nitrogens is 1. The number of methoxy groups -OCH3 is 1. The van der Waals surface area contributed by atoms with Crippen LogP contribution in [-0.4, -0.2) is 53.7 Å². The fraction of sp³-hybridized carbons (Fsp3) is 0.353. The fourth-order valence-corrected chi connectivity index (χ4v) is 3.06. The van der Waals surface area contributed by atoms with Gasteiger partial charge in [0.1, 0.15) is 5.41 Å². The first-order chi connectivity index (χ1) is 11.1. The molecule has 3 rings (SSSR count). The minimum absolute atomic E-state index is 0.103. The normalized spacial score (nSPS) is 20.8. The Hall–Kier alpha value is -2.47. The van der Waals surface area contributed by atoms with Crippen LogP contribution in [0.25, 0.3) is 10.9 Å². The van der Waals surface area contributed by atoms with E-state index in [2.05, 4.69) is 4.98 Å². The lowest BCUT2D eigenvalue weighted by atomic mass is 9.88. The molecule has 0 bridgehead atoms. The molecule has 0 radical (unpaired) electrons. The fourth-order valence-electron chi connectivity index (χ4n) is 3.06. The first kappa shape index (κ1) is 15.4. The zero-order valence-electron chi connectivity index (χ0n) is 12.9. The average Bonchev–Trinajstić information content (AvgIpc) is 3.00. The Kier molecular flexibility index (Phi) is 4.00. The second-order valence-corrected chi connectivity index (χ2v) is 5.91. The van der Waals surface area contributed by atoms with E-state index in [9.17, 15) is 14.7 Å². The molecule has 6 heteroatoms. The van der Waals surface area contributed by atoms with Crippen LogP contribution < -0.4 is 0 Å². The molecule has 0 spiro atoms. The van der Waals surface area contributed by atoms with Crippen molar-refractivity contribution in [2.24, 2.45) is 5.41 Å². The van der Waals surface area contributed by atoms with E-state index in [1.807, 2.05) is 18.2 Å². The van der Waals surface area contributed by atoms with Crippen molar-refractivity contribution in [1.82, 2.24) is 9.88 Å². The van der Waals surface area contributed by atoms with Crippen LogP contribution >= 0.6 is 0 Å². The zero-order valence-corrected chi connectivity index (χ0v) is 12.9. The summed E-state index contributed by atoms with van der Waals surface area (Å²) in [5, 5.41) is 10.4. The van der Waals surface area contributed by atoms with Gasteiger partial charge in [-0.25, -0.2) is 0 Å². The summed E-state index contributed by atoms with van der Waals surface area (Å²) in [6.45, 7) is 0.676. The standard InChI is InChI=1S/C17H18N2O4/c1-23-11-17(16(21)22)6-8-19(10-17)15(20)13-5-4-12-3-2-7-18-14(12)9-13/h2-5,7,9H,6,8,10-11H2,1H3,(H,21,22). The Morgan fingerprint density at radius 2 is 2.22 bits per heavy atom. The molecule has 1 aliphatic heterocycles. The molecule has 2 aromatic rings. The lowest BCUT2D eigenvalue weighted by Crippen LogP contribution is -2.40. The van der Waals surface area contributed by atoms with Gasteiger partial charge >= 0.3 is 5.97 Å². The maximum absolute atomic E-state index is 12.7. The number of aliphatic carboxylic acids is 1. The van der Waals surface area contributed by atoms with E-state index in [0.29, 0.717) is 18.5 Å². The predicted molar refractivity (Wildman–Crippen MR) is 84.2 cm³/mol. The topological polar surface area (TPSA) is 79.7 Å². The van der Waals surface area contributed by atoms with Crippen LogP contribution in [0.3, 0.4) is 0 Å². The Labute approximate surface area is 133 Å². The number of carboxylic acid groups (broad SMARTS) is 1. The van der Waals surface area contributed by atoms with Crippen molar-refractivity contribution in [2.45, 2.75) is 6.42 Å². The molecule has 0 saturated carbocycles. The van der Waals surface area contributed by atoms with E-state index in [1.54, 1.807) is 23.2 Å². The van der Waals surface area contributed by atoms with E-state index < -0.39 is 11.4 Å². The number of benzene rings is 1. The Balaban J connectivity index is 1.84. The van der Waals surface area contributed by atoms with Crippen LogP contribution in [-0.2, 0) is 9.53 Å². The van der Waals surface area contributed by atoms with Gasteiger partial charge in [-0.1, -0.05) is 12.1 Å². The molecule has 0 aliphatic carbocycles. The maximum atomic E-state index is 12.7. The summed E-state index contributed by atoms with van der Waals surface area (Å²) in [5.41, 5.74) is 0.258. The molecule has 1 aliphatic rings. The van der Waals surface area contributed by atoms with Gasteiger partial charge in [-0.05, 0) is 24.6 Å². The third-order valence-corrected chi connectivity index (χ3v) is 4.37. The Morgan fingerprint density at radius 1 is 1.39 bits per heavy atom. The molecule has 23 heavy (non-hydrogen) atoms. The SMILES string of the molecule is COCC1(C(=O)O)CCN(C(=O)c2ccc3cccnc3c2)C1. The van der Waals surface area contributed by atoms with Crippen LogP contribution in [0.1, 0.15) is 16.8 Å². The molecule has 1 aromatic heterocycles. The van der Waals surface area contributed by atoms with E-state index in [4.69, 9.17) is 4.74 Å². The number of nitrogens with zero attached hydrogens (tertiary/aromatic N) is 2. The Morgan fingerprint density at radius 3 is 2.96 bits per heavy atom. The third kappa shape index (κ3) is 2.77. The first-order valence-corrected chi connectivity index (χ1v) is 7.42. The summed E-state index contributed by atoms with van der Waals surface area (Å²) >= 11 is 0. The minimum Gasteiger partial charge on any atom is -0.481 e. The van der Waals surface area contributed by atoms with E-state index in [0.717, 1.165) is 10.9 Å². The first-order valence-electron chi connectivity index (χ1n) is 7.42. The number of fused-ring (bicyclic) bond motifs is 1. The van der Waals surface area contributed by atoms with Gasteiger partial charge in [0, 0.05) is 37.3 Å². The lowest BCUT2D eigenvalue weighted by Gasteiger charge is -2.23. The smallest absolute Gasteiger partial charge is 0.313 e. The summed E-state index contributed by atoms with van der Waals surface area (Å²) in [5.74, 6) is -1.09. The van der Waals surface area contributed by atoms with Crippen LogP contribution in [0.4, 0.5) is 0 Å². The molecule has 6 nitrogen and oxygen atoms in total. The van der Waals surface area contributed by atoms with Gasteiger partial charge in [-0.15, -0.1) is 0 Å². The van der Waals surface area contributed by atoms with Crippen molar-refractivity contribution in [3.8, 4) is 0 Å². The summed E-state index contributed by atoms with van der Waals surface area (Å²) < 4.78 is 5.05. The number of pyridine rings is 1. The number of amides is 1. The lowest BCUT2D eigenvalue weighted by molar-refractivity contribution is -0.151. The van der Waals surface area contributed by atoms with Crippen LogP contribution in [0.15, 0.2) is 36.5 Å². The van der Waals surface area contributed by atoms with E-state index in [1.165, 1.54) is 7.11 Å². The van der Waals surface area contributed by atoms with E-state index in [-0.39, 0.29) is 19.1 Å². The molecule has 1 saturated heterocycles. The van der Waals surface area contributed by atoms with Gasteiger partial charge in [-0.2, -0.15) is 0 Å². The molecule has 1 N–H and O–H groups in total. The van der Waals surface area contributed by atoms with Gasteiger partial charge in [0.2, 0.25) is 0 Å². The van der Waals surface area contributed by atoms with Crippen molar-refractivity contribution in [3.63, 3.8) is 0 Å². The number of hydrogen-bond acceptors (Lipinski definition) is 4. The number of carbonyl (C=O) groups is 2. The van der Waals surface area contributed by atoms with Gasteiger partial charge in [0.05, 0.1) is 12.1 Å². The molecular formula is C17H18N2O4. The summed E-state index contributed by atoms with van der Waals surface area (Å²) in [6.07, 6.45) is 2.08. The number of ether oxygens (including phenoxy) is 1. The predicted octanol–water partition coefficient (Wildman–Crippen LogP) is 1.80. The van der Waals surface area contributed by atoms with Crippen molar-refractivity contribution >= 4 is 22.8 Å². The van der Waals surface area contributed by atoms with Crippen molar-refractivity contribution < 1.29 is 19.4 Å². The van der Waals surface area contributed by atoms with Gasteiger partial charge in [-0.3, -0.25) is 14.6 Å². The highest BCUT2D eigenvalue weighted by molar-refractivity contribution is 5.98. The molecule has 1 unspecified atom stereocenters. The number of rotatable bonds is 4. The number of carboxylic acids is 1. The van der Waals surface area contributed by atoms with Crippen LogP contribution in [0, 0.1) is 5.41 Å². The highest BCUT2D eigenvalue weighted by Gasteiger charge is 2.46. The molecule has 1 atom stereocenters. The Bertz CT molecular complexity index is 761. The monoisotopic (exact) mass is 314 g/mol. The second-order valence-electron chi connectivity index (χ2n) is 5.91. The highest BCUT2D eigenvalue weighted by Crippen LogP contribution is 2.32. The highest BCUT2D eigenvalue weighted by atomic mass is 16.5. The summed E-state index contributed by atoms with van der Waals surface area (Å²) in [7, 11) is 1.48. The minimum atomic E-state index is -1.01. The van der Waals surface area contributed by atoms with Crippen molar-refractivity contribution in [2.75, 3.05) is 26.8 Å². The van der Waals surface area contributed by atoms with Crippen molar-refractivity contribution in [1.29, 1.82) is 0 Å². The van der Waals surface area contributed by atoms with Gasteiger partial charge < -0.3 is 14.7 Å². The van der Waals surface area contributed by atoms with Crippen LogP contribution in [0.5, 0.6) is 0 Å². The maximum Gasteiger partial charge on any atom is 0.313 e. The van der Waals surface area contributed by atoms with Gasteiger partial charge in [0.15, 0.2) is 0 Å². The third-order valence-electron chi connectivity index (χ3n) is 4.37. The number of carbonyl (C=O) groups excluding carboxylic acids is 1. The molecule has 120 valence electrons. The second kappa shape index (κ2) is 5.96. The average molecular weight is 314 g/mol. The molecular weight excluding hydrogens is 296 g/mol. The number of hydrogen-bond donors (Lipinski definition) is 1.